The maximum atomic E-state index is 13.2. The predicted octanol–water partition coefficient (Wildman–Crippen LogP) is 4.52. The molecule has 1 N–H and O–H groups in total. The summed E-state index contributed by atoms with van der Waals surface area (Å²) in [6, 6.07) is 10.8. The van der Waals surface area contributed by atoms with Crippen molar-refractivity contribution in [3.8, 4) is 11.5 Å². The number of hydrogen-bond donors (Lipinski definition) is 1. The predicted molar refractivity (Wildman–Crippen MR) is 146 cm³/mol. The van der Waals surface area contributed by atoms with Gasteiger partial charge in [-0.3, -0.25) is 9.59 Å². The van der Waals surface area contributed by atoms with Crippen LogP contribution in [0.4, 0.5) is 0 Å². The van der Waals surface area contributed by atoms with Gasteiger partial charge in [-0.1, -0.05) is 50.6 Å². The summed E-state index contributed by atoms with van der Waals surface area (Å²) in [6.07, 6.45) is 4.58. The zero-order chi connectivity index (χ0) is 28.4. The third-order valence-electron chi connectivity index (χ3n) is 6.90. The summed E-state index contributed by atoms with van der Waals surface area (Å²) in [5, 5.41) is 2.70. The van der Waals surface area contributed by atoms with Gasteiger partial charge in [0.1, 0.15) is 12.1 Å². The Hall–Kier alpha value is -3.46. The molecular weight excluding hydrogens is 500 g/mol. The molecular formula is C30H40N2O7. The zero-order valence-electron chi connectivity index (χ0n) is 23.5. The second-order valence-electron chi connectivity index (χ2n) is 10.3. The molecule has 4 atom stereocenters. The van der Waals surface area contributed by atoms with E-state index in [-0.39, 0.29) is 42.2 Å². The van der Waals surface area contributed by atoms with Crippen LogP contribution in [0.15, 0.2) is 42.6 Å². The number of ether oxygens (including phenoxy) is 4. The van der Waals surface area contributed by atoms with Crippen molar-refractivity contribution in [2.45, 2.75) is 78.0 Å². The highest BCUT2D eigenvalue weighted by atomic mass is 16.6. The molecule has 212 valence electrons. The monoisotopic (exact) mass is 540 g/mol. The van der Waals surface area contributed by atoms with Gasteiger partial charge in [0.2, 0.25) is 5.75 Å². The molecule has 1 aliphatic rings. The van der Waals surface area contributed by atoms with Gasteiger partial charge in [0, 0.05) is 38.1 Å². The van der Waals surface area contributed by atoms with Gasteiger partial charge in [-0.15, -0.1) is 0 Å². The minimum atomic E-state index is -0.961. The van der Waals surface area contributed by atoms with E-state index in [2.05, 4.69) is 36.3 Å². The molecule has 2 heterocycles. The standard InChI is InChI=1S/C30H40N2O7/c1-19(2)11-13-23-20(3)38-30(35)24(16-18-37-25(23)14-12-22-9-7-6-8-10-22)32-29(34)27-28(39-21(4)33)26(36-5)15-17-31-27/h6-10,15,17,19-20,23-25H,11-14,16,18H2,1-5H3,(H,32,34)/t20-,23-,24-,25+/m0/s1. The number of hydrogen-bond acceptors (Lipinski definition) is 8. The number of nitrogens with zero attached hydrogens (tertiary/aromatic N) is 1. The minimum Gasteiger partial charge on any atom is -0.493 e. The van der Waals surface area contributed by atoms with E-state index in [1.165, 1.54) is 31.9 Å². The second-order valence-corrected chi connectivity index (χ2v) is 10.3. The van der Waals surface area contributed by atoms with Crippen molar-refractivity contribution < 1.29 is 33.3 Å². The maximum absolute atomic E-state index is 13.2. The first kappa shape index (κ1) is 30.1. The van der Waals surface area contributed by atoms with Crippen LogP contribution in [0.3, 0.4) is 0 Å². The maximum Gasteiger partial charge on any atom is 0.329 e. The Kier molecular flexibility index (Phi) is 11.3. The van der Waals surface area contributed by atoms with Crippen LogP contribution in [0.2, 0.25) is 0 Å². The van der Waals surface area contributed by atoms with Gasteiger partial charge in [0.05, 0.1) is 13.2 Å². The second kappa shape index (κ2) is 14.6. The third kappa shape index (κ3) is 8.78. The molecule has 1 amide bonds. The molecule has 0 radical (unpaired) electrons. The topological polar surface area (TPSA) is 113 Å². The number of carbonyl (C=O) groups excluding carboxylic acids is 3. The van der Waals surface area contributed by atoms with Crippen LogP contribution in [-0.4, -0.2) is 54.8 Å². The van der Waals surface area contributed by atoms with Crippen LogP contribution in [0.5, 0.6) is 11.5 Å². The number of benzene rings is 1. The fourth-order valence-corrected chi connectivity index (χ4v) is 4.78. The van der Waals surface area contributed by atoms with Crippen molar-refractivity contribution in [1.82, 2.24) is 10.3 Å². The molecule has 1 aliphatic heterocycles. The molecule has 1 saturated heterocycles. The number of cyclic esters (lactones) is 1. The molecule has 2 aromatic rings. The molecule has 0 saturated carbocycles. The Labute approximate surface area is 230 Å². The fourth-order valence-electron chi connectivity index (χ4n) is 4.78. The lowest BCUT2D eigenvalue weighted by Crippen LogP contribution is -2.44. The van der Waals surface area contributed by atoms with E-state index in [9.17, 15) is 14.4 Å². The highest BCUT2D eigenvalue weighted by Gasteiger charge is 2.35. The smallest absolute Gasteiger partial charge is 0.329 e. The van der Waals surface area contributed by atoms with Crippen molar-refractivity contribution in [3.05, 3.63) is 53.9 Å². The number of esters is 2. The quantitative estimate of drug-likeness (QED) is 0.438. The highest BCUT2D eigenvalue weighted by molar-refractivity contribution is 5.98. The Morgan fingerprint density at radius 1 is 1.15 bits per heavy atom. The van der Waals surface area contributed by atoms with E-state index in [0.29, 0.717) is 5.92 Å². The van der Waals surface area contributed by atoms with Gasteiger partial charge in [-0.05, 0) is 37.7 Å². The van der Waals surface area contributed by atoms with Crippen LogP contribution in [-0.2, 0) is 25.5 Å². The summed E-state index contributed by atoms with van der Waals surface area (Å²) < 4.78 is 22.7. The third-order valence-corrected chi connectivity index (χ3v) is 6.90. The van der Waals surface area contributed by atoms with Crippen molar-refractivity contribution >= 4 is 17.8 Å². The lowest BCUT2D eigenvalue weighted by atomic mass is 9.86. The summed E-state index contributed by atoms with van der Waals surface area (Å²) in [7, 11) is 1.39. The van der Waals surface area contributed by atoms with E-state index in [1.807, 2.05) is 25.1 Å². The Morgan fingerprint density at radius 3 is 2.56 bits per heavy atom. The van der Waals surface area contributed by atoms with E-state index < -0.39 is 30.0 Å². The molecule has 3 rings (SSSR count). The Morgan fingerprint density at radius 2 is 1.90 bits per heavy atom. The number of aryl methyl sites for hydroxylation is 1. The van der Waals surface area contributed by atoms with E-state index in [4.69, 9.17) is 18.9 Å². The normalized spacial score (nSPS) is 21.7. The number of carbonyl (C=O) groups is 3. The first-order valence-corrected chi connectivity index (χ1v) is 13.6. The molecule has 1 aromatic carbocycles. The van der Waals surface area contributed by atoms with Crippen LogP contribution < -0.4 is 14.8 Å². The molecule has 0 spiro atoms. The average Bonchev–Trinajstić information content (AvgIpc) is 2.95. The van der Waals surface area contributed by atoms with Crippen molar-refractivity contribution in [2.24, 2.45) is 11.8 Å². The number of aromatic nitrogens is 1. The van der Waals surface area contributed by atoms with Gasteiger partial charge in [0.25, 0.3) is 5.91 Å². The van der Waals surface area contributed by atoms with E-state index in [1.54, 1.807) is 0 Å². The zero-order valence-corrected chi connectivity index (χ0v) is 23.5. The van der Waals surface area contributed by atoms with E-state index in [0.717, 1.165) is 25.7 Å². The summed E-state index contributed by atoms with van der Waals surface area (Å²) in [4.78, 5) is 42.1. The molecule has 0 bridgehead atoms. The summed E-state index contributed by atoms with van der Waals surface area (Å²) in [6.45, 7) is 7.73. The van der Waals surface area contributed by atoms with Gasteiger partial charge in [0.15, 0.2) is 11.4 Å². The van der Waals surface area contributed by atoms with Gasteiger partial charge < -0.3 is 24.3 Å². The van der Waals surface area contributed by atoms with E-state index >= 15 is 0 Å². The summed E-state index contributed by atoms with van der Waals surface area (Å²) in [5.41, 5.74) is 1.06. The van der Waals surface area contributed by atoms with Crippen LogP contribution in [0, 0.1) is 11.8 Å². The number of methoxy groups -OCH3 is 1. The van der Waals surface area contributed by atoms with Crippen LogP contribution in [0.1, 0.15) is 69.4 Å². The first-order valence-electron chi connectivity index (χ1n) is 13.6. The van der Waals surface area contributed by atoms with Crippen molar-refractivity contribution in [3.63, 3.8) is 0 Å². The molecule has 0 aliphatic carbocycles. The minimum absolute atomic E-state index is 0.0186. The lowest BCUT2D eigenvalue weighted by Gasteiger charge is -2.31. The molecule has 1 aromatic heterocycles. The Bertz CT molecular complexity index is 1110. The fraction of sp³-hybridized carbons (Fsp3) is 0.533. The van der Waals surface area contributed by atoms with Crippen LogP contribution in [0.25, 0.3) is 0 Å². The lowest BCUT2D eigenvalue weighted by molar-refractivity contribution is -0.154. The molecule has 0 unspecified atom stereocenters. The van der Waals surface area contributed by atoms with Crippen molar-refractivity contribution in [2.75, 3.05) is 13.7 Å². The number of rotatable bonds is 10. The number of pyridine rings is 1. The average molecular weight is 541 g/mol. The van der Waals surface area contributed by atoms with Gasteiger partial charge >= 0.3 is 11.9 Å². The first-order chi connectivity index (χ1) is 18.7. The Balaban J connectivity index is 1.78. The van der Waals surface area contributed by atoms with Gasteiger partial charge in [-0.25, -0.2) is 9.78 Å². The summed E-state index contributed by atoms with van der Waals surface area (Å²) >= 11 is 0. The number of amides is 1. The molecule has 9 heteroatoms. The van der Waals surface area contributed by atoms with Crippen LogP contribution >= 0.6 is 0 Å². The molecule has 39 heavy (non-hydrogen) atoms. The van der Waals surface area contributed by atoms with Crippen molar-refractivity contribution in [1.29, 1.82) is 0 Å². The SMILES string of the molecule is COc1ccnc(C(=O)N[C@H]2CCO[C@H](CCc3ccccc3)[C@@H](CCC(C)C)[C@H](C)OC2=O)c1OC(C)=O. The highest BCUT2D eigenvalue weighted by Crippen LogP contribution is 2.31. The molecule has 9 nitrogen and oxygen atoms in total. The van der Waals surface area contributed by atoms with Gasteiger partial charge in [-0.2, -0.15) is 0 Å². The largest absolute Gasteiger partial charge is 0.493 e. The summed E-state index contributed by atoms with van der Waals surface area (Å²) in [5.74, 6) is -1.26. The molecule has 1 fully saturated rings. The number of nitrogens with one attached hydrogen (secondary N) is 1.